The zero-order chi connectivity index (χ0) is 21.8. The number of anilines is 2. The summed E-state index contributed by atoms with van der Waals surface area (Å²) in [6.45, 7) is 4.23. The van der Waals surface area contributed by atoms with E-state index in [9.17, 15) is 9.59 Å². The van der Waals surface area contributed by atoms with Crippen LogP contribution in [-0.2, 0) is 22.4 Å². The first-order valence-corrected chi connectivity index (χ1v) is 12.6. The van der Waals surface area contributed by atoms with E-state index >= 15 is 0 Å². The number of unbranched alkanes of at least 4 members (excludes halogenated alkanes) is 1. The molecule has 0 unspecified atom stereocenters. The first-order chi connectivity index (χ1) is 15.1. The molecule has 4 rings (SSSR count). The molecule has 1 fully saturated rings. The SMILES string of the molecule is CCCC[C@H](CC)C(=O)Nc1ccc([C@H]2SCC(=O)N2c2ccc3c(c2)CCC3)cc1. The van der Waals surface area contributed by atoms with Crippen molar-refractivity contribution in [2.75, 3.05) is 16.0 Å². The highest BCUT2D eigenvalue weighted by Crippen LogP contribution is 2.43. The van der Waals surface area contributed by atoms with Crippen LogP contribution in [-0.4, -0.2) is 17.6 Å². The second-order valence-corrected chi connectivity index (χ2v) is 9.66. The molecule has 5 heteroatoms. The van der Waals surface area contributed by atoms with Crippen molar-refractivity contribution in [2.45, 2.75) is 64.2 Å². The lowest BCUT2D eigenvalue weighted by atomic mass is 9.98. The molecule has 1 heterocycles. The number of carbonyl (C=O) groups excluding carboxylic acids is 2. The van der Waals surface area contributed by atoms with Crippen LogP contribution in [0.25, 0.3) is 0 Å². The van der Waals surface area contributed by atoms with Gasteiger partial charge in [0.15, 0.2) is 0 Å². The molecule has 1 aliphatic heterocycles. The van der Waals surface area contributed by atoms with Gasteiger partial charge in [-0.15, -0.1) is 11.8 Å². The zero-order valence-electron chi connectivity index (χ0n) is 18.5. The molecule has 2 atom stereocenters. The van der Waals surface area contributed by atoms with Crippen LogP contribution in [0.1, 0.15) is 68.0 Å². The topological polar surface area (TPSA) is 49.4 Å². The molecule has 1 N–H and O–H groups in total. The quantitative estimate of drug-likeness (QED) is 0.543. The molecule has 31 heavy (non-hydrogen) atoms. The Kier molecular flexibility index (Phi) is 7.01. The number of benzene rings is 2. The standard InChI is InChI=1S/C26H32N2O2S/c1-3-5-7-18(4-2)25(30)27-22-13-10-20(11-14-22)26-28(24(29)17-31-26)23-15-12-19-8-6-9-21(19)16-23/h10-16,18,26H,3-9,17H2,1-2H3,(H,27,30)/t18-,26+/m0/s1. The molecule has 4 nitrogen and oxygen atoms in total. The molecule has 2 aliphatic rings. The average molecular weight is 437 g/mol. The van der Waals surface area contributed by atoms with Crippen molar-refractivity contribution in [3.05, 3.63) is 59.2 Å². The van der Waals surface area contributed by atoms with Gasteiger partial charge < -0.3 is 5.32 Å². The van der Waals surface area contributed by atoms with Crippen molar-refractivity contribution in [3.63, 3.8) is 0 Å². The van der Waals surface area contributed by atoms with E-state index in [2.05, 4.69) is 37.4 Å². The third-order valence-corrected chi connectivity index (χ3v) is 7.67. The van der Waals surface area contributed by atoms with Crippen LogP contribution in [0.4, 0.5) is 11.4 Å². The minimum absolute atomic E-state index is 0.0235. The van der Waals surface area contributed by atoms with Crippen LogP contribution in [0.3, 0.4) is 0 Å². The maximum atomic E-state index is 12.7. The third kappa shape index (κ3) is 4.82. The van der Waals surface area contributed by atoms with Gasteiger partial charge in [-0.1, -0.05) is 44.9 Å². The minimum atomic E-state index is -0.0235. The monoisotopic (exact) mass is 436 g/mol. The largest absolute Gasteiger partial charge is 0.326 e. The van der Waals surface area contributed by atoms with Gasteiger partial charge in [0.1, 0.15) is 5.37 Å². The number of nitrogens with zero attached hydrogens (tertiary/aromatic N) is 1. The molecule has 0 bridgehead atoms. The maximum absolute atomic E-state index is 12.7. The molecular formula is C26H32N2O2S. The van der Waals surface area contributed by atoms with Gasteiger partial charge in [0.25, 0.3) is 0 Å². The molecule has 0 saturated carbocycles. The van der Waals surface area contributed by atoms with Crippen LogP contribution in [0.5, 0.6) is 0 Å². The van der Waals surface area contributed by atoms with Crippen LogP contribution < -0.4 is 10.2 Å². The maximum Gasteiger partial charge on any atom is 0.238 e. The number of thioether (sulfide) groups is 1. The first kappa shape index (κ1) is 21.9. The molecule has 0 aromatic heterocycles. The van der Waals surface area contributed by atoms with Crippen LogP contribution in [0.15, 0.2) is 42.5 Å². The summed E-state index contributed by atoms with van der Waals surface area (Å²) < 4.78 is 0. The summed E-state index contributed by atoms with van der Waals surface area (Å²) in [7, 11) is 0. The highest BCUT2D eigenvalue weighted by Gasteiger charge is 2.34. The zero-order valence-corrected chi connectivity index (χ0v) is 19.3. The Morgan fingerprint density at radius 3 is 2.65 bits per heavy atom. The van der Waals surface area contributed by atoms with Gasteiger partial charge in [-0.3, -0.25) is 14.5 Å². The number of hydrogen-bond acceptors (Lipinski definition) is 3. The number of carbonyl (C=O) groups is 2. The first-order valence-electron chi connectivity index (χ1n) is 11.6. The minimum Gasteiger partial charge on any atom is -0.326 e. The fourth-order valence-electron chi connectivity index (χ4n) is 4.60. The molecule has 2 aromatic rings. The lowest BCUT2D eigenvalue weighted by molar-refractivity contribution is -0.120. The Morgan fingerprint density at radius 2 is 1.90 bits per heavy atom. The Hall–Kier alpha value is -2.27. The fraction of sp³-hybridized carbons (Fsp3) is 0.462. The summed E-state index contributed by atoms with van der Waals surface area (Å²) in [5.74, 6) is 0.828. The second-order valence-electron chi connectivity index (χ2n) is 8.59. The Labute approximate surface area is 189 Å². The van der Waals surface area contributed by atoms with E-state index in [1.165, 1.54) is 17.5 Å². The summed E-state index contributed by atoms with van der Waals surface area (Å²) in [5, 5.41) is 3.05. The predicted octanol–water partition coefficient (Wildman–Crippen LogP) is 6.11. The molecule has 2 amide bonds. The van der Waals surface area contributed by atoms with E-state index in [1.54, 1.807) is 11.8 Å². The summed E-state index contributed by atoms with van der Waals surface area (Å²) in [4.78, 5) is 27.2. The molecule has 164 valence electrons. The highest BCUT2D eigenvalue weighted by molar-refractivity contribution is 8.00. The summed E-state index contributed by atoms with van der Waals surface area (Å²) in [6.07, 6.45) is 7.44. The van der Waals surface area contributed by atoms with Crippen molar-refractivity contribution >= 4 is 35.0 Å². The number of fused-ring (bicyclic) bond motifs is 1. The molecule has 0 radical (unpaired) electrons. The number of aryl methyl sites for hydroxylation is 2. The van der Waals surface area contributed by atoms with Gasteiger partial charge in [-0.2, -0.15) is 0 Å². The Bertz CT molecular complexity index is 941. The lowest BCUT2D eigenvalue weighted by Gasteiger charge is -2.25. The molecule has 1 saturated heterocycles. The van der Waals surface area contributed by atoms with E-state index in [0.717, 1.165) is 55.5 Å². The van der Waals surface area contributed by atoms with E-state index in [4.69, 9.17) is 0 Å². The summed E-state index contributed by atoms with van der Waals surface area (Å²) in [6, 6.07) is 14.5. The van der Waals surface area contributed by atoms with E-state index in [-0.39, 0.29) is 23.1 Å². The molecule has 0 spiro atoms. The van der Waals surface area contributed by atoms with E-state index < -0.39 is 0 Å². The van der Waals surface area contributed by atoms with Crippen molar-refractivity contribution in [2.24, 2.45) is 5.92 Å². The number of nitrogens with one attached hydrogen (secondary N) is 1. The number of rotatable bonds is 8. The Balaban J connectivity index is 1.47. The lowest BCUT2D eigenvalue weighted by Crippen LogP contribution is -2.28. The Morgan fingerprint density at radius 1 is 1.13 bits per heavy atom. The third-order valence-electron chi connectivity index (χ3n) is 6.46. The predicted molar refractivity (Wildman–Crippen MR) is 130 cm³/mol. The second kappa shape index (κ2) is 9.90. The van der Waals surface area contributed by atoms with Crippen molar-refractivity contribution in [1.29, 1.82) is 0 Å². The highest BCUT2D eigenvalue weighted by atomic mass is 32.2. The van der Waals surface area contributed by atoms with Gasteiger partial charge in [0, 0.05) is 17.3 Å². The van der Waals surface area contributed by atoms with Gasteiger partial charge >= 0.3 is 0 Å². The van der Waals surface area contributed by atoms with Crippen LogP contribution >= 0.6 is 11.8 Å². The molecular weight excluding hydrogens is 404 g/mol. The van der Waals surface area contributed by atoms with E-state index in [0.29, 0.717) is 5.75 Å². The normalized spacial score (nSPS) is 18.8. The smallest absolute Gasteiger partial charge is 0.238 e. The van der Waals surface area contributed by atoms with Gasteiger partial charge in [-0.05, 0) is 73.1 Å². The van der Waals surface area contributed by atoms with Crippen molar-refractivity contribution in [1.82, 2.24) is 0 Å². The van der Waals surface area contributed by atoms with E-state index in [1.807, 2.05) is 29.2 Å². The van der Waals surface area contributed by atoms with Gasteiger partial charge in [0.2, 0.25) is 11.8 Å². The average Bonchev–Trinajstić information content (AvgIpc) is 3.40. The molecule has 2 aromatic carbocycles. The number of amides is 2. The van der Waals surface area contributed by atoms with Crippen LogP contribution in [0, 0.1) is 5.92 Å². The summed E-state index contributed by atoms with van der Waals surface area (Å²) in [5.41, 5.74) is 5.71. The summed E-state index contributed by atoms with van der Waals surface area (Å²) >= 11 is 1.67. The van der Waals surface area contributed by atoms with Gasteiger partial charge in [0.05, 0.1) is 5.75 Å². The molecule has 1 aliphatic carbocycles. The van der Waals surface area contributed by atoms with Crippen LogP contribution in [0.2, 0.25) is 0 Å². The fourth-order valence-corrected chi connectivity index (χ4v) is 5.78. The van der Waals surface area contributed by atoms with Crippen molar-refractivity contribution < 1.29 is 9.59 Å². The van der Waals surface area contributed by atoms with Gasteiger partial charge in [-0.25, -0.2) is 0 Å². The number of hydrogen-bond donors (Lipinski definition) is 1. The van der Waals surface area contributed by atoms with Crippen molar-refractivity contribution in [3.8, 4) is 0 Å².